The second-order valence-electron chi connectivity index (χ2n) is 19.9. The van der Waals surface area contributed by atoms with Crippen LogP contribution in [-0.4, -0.2) is 157 Å². The number of carboxylic acid groups (broad SMARTS) is 1. The molecule has 3 unspecified atom stereocenters. The standard InChI is InChI=1S/C50H67FN8O10/c1-28(2)35-24-31(47(64)57(4)18-10-17-56(3)16-8-7-11-34-26-58(55-53-34)48-43(51)45(62)44(61)41(27-60)69-48)14-15-37(35)59-38(42-39(67-5)12-9-13-40(42)68-6)25-36(54-59)46(63)52-50(49(65)66)32-20-29-19-30(22-32)23-33(50)21-29/h9,12-15,24-26,28-30,32-33,41,43-45,48,60-62H,7-8,10-11,16-23,27H2,1-6H3,(H,52,63)(H,65,66)/t29?,30?,32?,33?,41?,43?,44-,45?,48-,50?/m1/s1. The summed E-state index contributed by atoms with van der Waals surface area (Å²) in [5.74, 6) is -0.0582. The van der Waals surface area contributed by atoms with Gasteiger partial charge in [-0.3, -0.25) is 9.59 Å². The Bertz CT molecular complexity index is 2430. The van der Waals surface area contributed by atoms with E-state index < -0.39 is 54.7 Å². The molecule has 374 valence electrons. The van der Waals surface area contributed by atoms with Crippen LogP contribution in [0, 0.1) is 23.7 Å². The zero-order valence-electron chi connectivity index (χ0n) is 40.3. The van der Waals surface area contributed by atoms with Crippen molar-refractivity contribution in [2.75, 3.05) is 54.6 Å². The molecular weight excluding hydrogens is 892 g/mol. The number of carboxylic acids is 1. The smallest absolute Gasteiger partial charge is 0.330 e. The van der Waals surface area contributed by atoms with Gasteiger partial charge in [-0.25, -0.2) is 18.5 Å². The second kappa shape index (κ2) is 20.9. The number of rotatable bonds is 20. The number of methoxy groups -OCH3 is 2. The number of aromatic nitrogens is 5. The molecule has 19 heteroatoms. The number of hydrogen-bond donors (Lipinski definition) is 5. The number of nitrogens with zero attached hydrogens (tertiary/aromatic N) is 7. The minimum Gasteiger partial charge on any atom is -0.496 e. The molecule has 1 aliphatic heterocycles. The van der Waals surface area contributed by atoms with Gasteiger partial charge in [0.15, 0.2) is 18.1 Å². The molecule has 4 aliphatic carbocycles. The largest absolute Gasteiger partial charge is 0.496 e. The molecule has 2 amide bonds. The lowest BCUT2D eigenvalue weighted by Crippen LogP contribution is -2.70. The fourth-order valence-electron chi connectivity index (χ4n) is 11.6. The van der Waals surface area contributed by atoms with E-state index in [0.717, 1.165) is 70.0 Å². The monoisotopic (exact) mass is 958 g/mol. The van der Waals surface area contributed by atoms with Gasteiger partial charge < -0.3 is 49.8 Å². The number of aliphatic hydroxyl groups is 3. The predicted octanol–water partition coefficient (Wildman–Crippen LogP) is 4.65. The summed E-state index contributed by atoms with van der Waals surface area (Å²) in [6.07, 6.45) is 1.15. The van der Waals surface area contributed by atoms with Crippen LogP contribution >= 0.6 is 0 Å². The van der Waals surface area contributed by atoms with Crippen molar-refractivity contribution in [2.45, 2.75) is 114 Å². The summed E-state index contributed by atoms with van der Waals surface area (Å²) in [6, 6.07) is 12.5. The number of aryl methyl sites for hydroxylation is 1. The molecule has 2 aromatic carbocycles. The topological polar surface area (TPSA) is 227 Å². The van der Waals surface area contributed by atoms with Gasteiger partial charge in [0.25, 0.3) is 11.8 Å². The van der Waals surface area contributed by atoms with Gasteiger partial charge in [-0.2, -0.15) is 5.10 Å². The van der Waals surface area contributed by atoms with E-state index in [0.29, 0.717) is 64.5 Å². The molecule has 18 nitrogen and oxygen atoms in total. The van der Waals surface area contributed by atoms with E-state index in [9.17, 15) is 39.2 Å². The highest BCUT2D eigenvalue weighted by Crippen LogP contribution is 2.58. The predicted molar refractivity (Wildman–Crippen MR) is 251 cm³/mol. The number of carbonyl (C=O) groups excluding carboxylic acids is 2. The summed E-state index contributed by atoms with van der Waals surface area (Å²) in [6.45, 7) is 5.54. The van der Waals surface area contributed by atoms with Gasteiger partial charge in [-0.05, 0) is 149 Å². The highest BCUT2D eigenvalue weighted by molar-refractivity contribution is 5.98. The molecule has 5 aliphatic rings. The van der Waals surface area contributed by atoms with Crippen LogP contribution in [0.15, 0.2) is 48.7 Å². The van der Waals surface area contributed by atoms with Crippen molar-refractivity contribution < 1.29 is 53.4 Å². The lowest BCUT2D eigenvalue weighted by Gasteiger charge is -2.59. The van der Waals surface area contributed by atoms with Crippen LogP contribution in [0.3, 0.4) is 0 Å². The molecule has 3 heterocycles. The number of nitrogens with one attached hydrogen (secondary N) is 1. The summed E-state index contributed by atoms with van der Waals surface area (Å²) >= 11 is 0. The molecule has 5 N–H and O–H groups in total. The second-order valence-corrected chi connectivity index (χ2v) is 19.9. The number of halogens is 1. The van der Waals surface area contributed by atoms with E-state index in [4.69, 9.17) is 19.3 Å². The fourth-order valence-corrected chi connectivity index (χ4v) is 11.6. The van der Waals surface area contributed by atoms with E-state index in [1.807, 2.05) is 39.1 Å². The van der Waals surface area contributed by atoms with Crippen LogP contribution in [0.5, 0.6) is 11.5 Å². The van der Waals surface area contributed by atoms with Gasteiger partial charge in [0, 0.05) is 19.2 Å². The first-order chi connectivity index (χ1) is 33.1. The lowest BCUT2D eigenvalue weighted by molar-refractivity contribution is -0.237. The molecule has 9 rings (SSSR count). The molecule has 4 saturated carbocycles. The van der Waals surface area contributed by atoms with E-state index in [2.05, 4.69) is 20.5 Å². The van der Waals surface area contributed by atoms with Crippen LogP contribution in [-0.2, 0) is 16.0 Å². The average molecular weight is 959 g/mol. The molecule has 4 aromatic rings. The first-order valence-corrected chi connectivity index (χ1v) is 24.2. The summed E-state index contributed by atoms with van der Waals surface area (Å²) in [5, 5.41) is 56.4. The van der Waals surface area contributed by atoms with Crippen LogP contribution in [0.1, 0.15) is 109 Å². The summed E-state index contributed by atoms with van der Waals surface area (Å²) < 4.78 is 34.7. The summed E-state index contributed by atoms with van der Waals surface area (Å²) in [5.41, 5.74) is 2.34. The lowest BCUT2D eigenvalue weighted by atomic mass is 9.48. The number of aliphatic hydroxyl groups excluding tert-OH is 3. The van der Waals surface area contributed by atoms with Gasteiger partial charge >= 0.3 is 5.97 Å². The maximum Gasteiger partial charge on any atom is 0.330 e. The number of hydrogen-bond acceptors (Lipinski definition) is 13. The fraction of sp³-hybridized carbons (Fsp3) is 0.600. The van der Waals surface area contributed by atoms with Crippen molar-refractivity contribution in [3.63, 3.8) is 0 Å². The molecule has 1 saturated heterocycles. The highest BCUT2D eigenvalue weighted by atomic mass is 19.1. The van der Waals surface area contributed by atoms with Crippen molar-refractivity contribution in [1.82, 2.24) is 39.9 Å². The Morgan fingerprint density at radius 2 is 1.59 bits per heavy atom. The maximum absolute atomic E-state index is 14.8. The number of carbonyl (C=O) groups is 3. The molecule has 69 heavy (non-hydrogen) atoms. The molecule has 5 atom stereocenters. The van der Waals surface area contributed by atoms with E-state index in [-0.39, 0.29) is 29.4 Å². The molecule has 0 radical (unpaired) electrons. The van der Waals surface area contributed by atoms with E-state index in [1.54, 1.807) is 61.3 Å². The van der Waals surface area contributed by atoms with Gasteiger partial charge in [0.05, 0.1) is 49.7 Å². The van der Waals surface area contributed by atoms with E-state index in [1.165, 1.54) is 4.68 Å². The Kier molecular flexibility index (Phi) is 15.1. The van der Waals surface area contributed by atoms with Gasteiger partial charge in [-0.15, -0.1) is 5.10 Å². The zero-order valence-corrected chi connectivity index (χ0v) is 40.3. The average Bonchev–Trinajstić information content (AvgIpc) is 4.00. The van der Waals surface area contributed by atoms with Gasteiger partial charge in [0.1, 0.15) is 35.3 Å². The number of unbranched alkanes of at least 4 members (excludes halogenated alkanes) is 1. The number of amides is 2. The third-order valence-corrected chi connectivity index (χ3v) is 15.1. The third kappa shape index (κ3) is 9.85. The Hall–Kier alpha value is -5.47. The zero-order chi connectivity index (χ0) is 49.3. The Labute approximate surface area is 401 Å². The number of benzene rings is 2. The van der Waals surface area contributed by atoms with Crippen molar-refractivity contribution >= 4 is 17.8 Å². The molecule has 2 aromatic heterocycles. The maximum atomic E-state index is 14.8. The van der Waals surface area contributed by atoms with Crippen molar-refractivity contribution in [1.29, 1.82) is 0 Å². The highest BCUT2D eigenvalue weighted by Gasteiger charge is 2.62. The van der Waals surface area contributed by atoms with Crippen molar-refractivity contribution in [2.24, 2.45) is 23.7 Å². The van der Waals surface area contributed by atoms with Crippen LogP contribution in [0.2, 0.25) is 0 Å². The first kappa shape index (κ1) is 49.9. The molecule has 5 fully saturated rings. The summed E-state index contributed by atoms with van der Waals surface area (Å²) in [7, 11) is 6.92. The van der Waals surface area contributed by atoms with Crippen LogP contribution < -0.4 is 14.8 Å². The third-order valence-electron chi connectivity index (χ3n) is 15.1. The van der Waals surface area contributed by atoms with Crippen LogP contribution in [0.25, 0.3) is 16.9 Å². The SMILES string of the molecule is COc1cccc(OC)c1-c1cc(C(=O)NC2(C(=O)O)C3CC4CC(C3)CC2C4)nn1-c1ccc(C(=O)N(C)CCCN(C)CCCCc2cn([C@@H]3OC(CO)[C@@H](O)C(O)C3F)nn2)cc1C(C)C. The Morgan fingerprint density at radius 1 is 0.928 bits per heavy atom. The van der Waals surface area contributed by atoms with Crippen LogP contribution in [0.4, 0.5) is 4.39 Å². The minimum absolute atomic E-state index is 0.0574. The van der Waals surface area contributed by atoms with Crippen molar-refractivity contribution in [3.05, 3.63) is 71.2 Å². The molecule has 0 spiro atoms. The van der Waals surface area contributed by atoms with Crippen molar-refractivity contribution in [3.8, 4) is 28.4 Å². The number of alkyl halides is 1. The quantitative estimate of drug-likeness (QED) is 0.0761. The van der Waals surface area contributed by atoms with Gasteiger partial charge in [0.2, 0.25) is 0 Å². The number of aliphatic carboxylic acids is 1. The minimum atomic E-state index is -1.94. The first-order valence-electron chi connectivity index (χ1n) is 24.2. The Morgan fingerprint density at radius 3 is 2.22 bits per heavy atom. The van der Waals surface area contributed by atoms with E-state index >= 15 is 0 Å². The molecule has 4 bridgehead atoms. The van der Waals surface area contributed by atoms with Gasteiger partial charge in [-0.1, -0.05) is 25.1 Å². The Balaban J connectivity index is 0.924. The molecular formula is C50H67FN8O10. The summed E-state index contributed by atoms with van der Waals surface area (Å²) in [4.78, 5) is 45.6. The normalized spacial score (nSPS) is 27.2. The number of ether oxygens (including phenoxy) is 3.